The molecule has 0 aromatic heterocycles. The summed E-state index contributed by atoms with van der Waals surface area (Å²) >= 11 is 4.88. The molecule has 0 N–H and O–H groups in total. The number of alkyl halides is 1. The van der Waals surface area contributed by atoms with Crippen LogP contribution >= 0.6 is 28.0 Å². The molecule has 1 heterocycles. The lowest BCUT2D eigenvalue weighted by Crippen LogP contribution is -2.37. The highest BCUT2D eigenvalue weighted by molar-refractivity contribution is 9.09. The van der Waals surface area contributed by atoms with Crippen LogP contribution < -0.4 is 4.90 Å². The molecule has 2 fully saturated rings. The third-order valence-corrected chi connectivity index (χ3v) is 7.61. The van der Waals surface area contributed by atoms with E-state index in [1.165, 1.54) is 29.2 Å². The molecule has 0 bridgehead atoms. The number of carbonyl (C=O) groups excluding carboxylic acids is 1. The van der Waals surface area contributed by atoms with E-state index in [4.69, 9.17) is 9.28 Å². The van der Waals surface area contributed by atoms with Gasteiger partial charge in [-0.3, -0.25) is 14.7 Å². The van der Waals surface area contributed by atoms with E-state index in [1.54, 1.807) is 0 Å². The number of fused-ring (bicyclic) bond motifs is 1. The van der Waals surface area contributed by atoms with Crippen LogP contribution in [0, 0.1) is 5.92 Å². The molecule has 0 saturated heterocycles. The minimum absolute atomic E-state index is 0.0543. The molecule has 5 rings (SSSR count). The summed E-state index contributed by atoms with van der Waals surface area (Å²) in [5, 5.41) is 9.75. The molecular formula is C22H24BrN3O2S. The van der Waals surface area contributed by atoms with E-state index in [2.05, 4.69) is 64.2 Å². The van der Waals surface area contributed by atoms with Crippen molar-refractivity contribution in [3.8, 4) is 0 Å². The third-order valence-electron chi connectivity index (χ3n) is 6.05. The van der Waals surface area contributed by atoms with Gasteiger partial charge >= 0.3 is 5.97 Å². The van der Waals surface area contributed by atoms with E-state index in [0.717, 1.165) is 43.5 Å². The van der Waals surface area contributed by atoms with Crippen LogP contribution in [-0.2, 0) is 8.98 Å². The van der Waals surface area contributed by atoms with E-state index in [9.17, 15) is 4.79 Å². The summed E-state index contributed by atoms with van der Waals surface area (Å²) in [4.78, 5) is 14.4. The fourth-order valence-corrected chi connectivity index (χ4v) is 5.62. The zero-order valence-corrected chi connectivity index (χ0v) is 18.8. The van der Waals surface area contributed by atoms with E-state index >= 15 is 0 Å². The molecule has 2 saturated carbocycles. The van der Waals surface area contributed by atoms with Gasteiger partial charge in [0.2, 0.25) is 5.17 Å². The standard InChI is InChI=1S/C22H24BrN3O2S/c1-2-25-21(23)26(22(24-25)29-28-20(27)15-6-5-7-15)19-13-12-16(14-10-11-14)17-8-3-4-9-18(17)19/h3-4,8-9,12-15,21H,2,5-7,10-11H2,1H3. The fourth-order valence-electron chi connectivity index (χ4n) is 3.98. The Morgan fingerprint density at radius 3 is 2.59 bits per heavy atom. The van der Waals surface area contributed by atoms with Gasteiger partial charge in [-0.05, 0) is 71.5 Å². The molecule has 0 radical (unpaired) electrons. The average molecular weight is 474 g/mol. The Hall–Kier alpha value is -1.73. The van der Waals surface area contributed by atoms with Gasteiger partial charge in [-0.25, -0.2) is 0 Å². The number of halogens is 1. The maximum atomic E-state index is 12.3. The van der Waals surface area contributed by atoms with Crippen molar-refractivity contribution in [3.05, 3.63) is 42.0 Å². The monoisotopic (exact) mass is 473 g/mol. The van der Waals surface area contributed by atoms with Crippen LogP contribution in [0.25, 0.3) is 10.8 Å². The van der Waals surface area contributed by atoms with Crippen LogP contribution in [0.3, 0.4) is 0 Å². The van der Waals surface area contributed by atoms with Gasteiger partial charge in [-0.15, -0.1) is 5.10 Å². The zero-order valence-electron chi connectivity index (χ0n) is 16.4. The maximum absolute atomic E-state index is 12.3. The number of amidine groups is 1. The van der Waals surface area contributed by atoms with Gasteiger partial charge in [-0.1, -0.05) is 36.8 Å². The molecule has 0 amide bonds. The normalized spacial score (nSPS) is 22.0. The number of benzene rings is 2. The lowest BCUT2D eigenvalue weighted by Gasteiger charge is -2.28. The first-order chi connectivity index (χ1) is 14.2. The smallest absolute Gasteiger partial charge is 0.321 e. The van der Waals surface area contributed by atoms with Gasteiger partial charge in [-0.2, -0.15) is 0 Å². The number of hydrazone groups is 1. The quantitative estimate of drug-likeness (QED) is 0.318. The maximum Gasteiger partial charge on any atom is 0.321 e. The average Bonchev–Trinajstić information content (AvgIpc) is 3.48. The van der Waals surface area contributed by atoms with E-state index in [0.29, 0.717) is 11.1 Å². The number of carbonyl (C=O) groups is 1. The second-order valence-electron chi connectivity index (χ2n) is 7.93. The Bertz CT molecular complexity index is 974. The van der Waals surface area contributed by atoms with Crippen molar-refractivity contribution in [2.24, 2.45) is 11.0 Å². The van der Waals surface area contributed by atoms with Gasteiger partial charge < -0.3 is 4.18 Å². The van der Waals surface area contributed by atoms with E-state index in [-0.39, 0.29) is 17.0 Å². The third kappa shape index (κ3) is 3.52. The molecule has 2 aliphatic carbocycles. The molecule has 152 valence electrons. The minimum Gasteiger partial charge on any atom is -0.382 e. The summed E-state index contributed by atoms with van der Waals surface area (Å²) in [5.41, 5.74) is 2.51. The molecule has 2 aromatic rings. The number of hydrogen-bond donors (Lipinski definition) is 0. The summed E-state index contributed by atoms with van der Waals surface area (Å²) < 4.78 is 5.56. The fraction of sp³-hybridized carbons (Fsp3) is 0.455. The molecule has 3 aliphatic rings. The van der Waals surface area contributed by atoms with Crippen LogP contribution in [0.1, 0.15) is 50.5 Å². The highest BCUT2D eigenvalue weighted by Gasteiger charge is 2.37. The minimum atomic E-state index is -0.126. The molecule has 5 nitrogen and oxygen atoms in total. The predicted octanol–water partition coefficient (Wildman–Crippen LogP) is 5.80. The molecule has 7 heteroatoms. The summed E-state index contributed by atoms with van der Waals surface area (Å²) in [6.45, 7) is 2.82. The second kappa shape index (κ2) is 7.84. The summed E-state index contributed by atoms with van der Waals surface area (Å²) in [6.07, 6.45) is 5.54. The van der Waals surface area contributed by atoms with Crippen molar-refractivity contribution in [2.45, 2.75) is 50.0 Å². The SMILES string of the molecule is CCN1N=C(SOC(=O)C2CCC2)N(c2ccc(C3CC3)c3ccccc23)C1Br. The van der Waals surface area contributed by atoms with Gasteiger partial charge in [0.1, 0.15) is 12.0 Å². The predicted molar refractivity (Wildman–Crippen MR) is 122 cm³/mol. The highest BCUT2D eigenvalue weighted by atomic mass is 79.9. The van der Waals surface area contributed by atoms with Crippen molar-refractivity contribution in [2.75, 3.05) is 11.4 Å². The summed E-state index contributed by atoms with van der Waals surface area (Å²) in [7, 11) is 0. The molecule has 1 atom stereocenters. The van der Waals surface area contributed by atoms with Gasteiger partial charge in [0, 0.05) is 11.9 Å². The van der Waals surface area contributed by atoms with Crippen LogP contribution in [0.4, 0.5) is 5.69 Å². The Morgan fingerprint density at radius 1 is 1.17 bits per heavy atom. The van der Waals surface area contributed by atoms with Crippen molar-refractivity contribution in [1.82, 2.24) is 5.01 Å². The van der Waals surface area contributed by atoms with Gasteiger partial charge in [0.15, 0.2) is 5.08 Å². The van der Waals surface area contributed by atoms with Crippen molar-refractivity contribution in [1.29, 1.82) is 0 Å². The van der Waals surface area contributed by atoms with Gasteiger partial charge in [0.25, 0.3) is 0 Å². The van der Waals surface area contributed by atoms with E-state index in [1.807, 2.05) is 5.01 Å². The van der Waals surface area contributed by atoms with E-state index < -0.39 is 0 Å². The van der Waals surface area contributed by atoms with Crippen molar-refractivity contribution in [3.63, 3.8) is 0 Å². The molecule has 2 aromatic carbocycles. The number of anilines is 1. The van der Waals surface area contributed by atoms with Crippen LogP contribution in [0.5, 0.6) is 0 Å². The number of rotatable bonds is 4. The second-order valence-corrected chi connectivity index (χ2v) is 9.44. The van der Waals surface area contributed by atoms with Gasteiger partial charge in [0.05, 0.1) is 11.6 Å². The Morgan fingerprint density at radius 2 is 1.93 bits per heavy atom. The Balaban J connectivity index is 1.48. The first kappa shape index (κ1) is 19.2. The van der Waals surface area contributed by atoms with Crippen LogP contribution in [0.2, 0.25) is 0 Å². The lowest BCUT2D eigenvalue weighted by atomic mass is 9.86. The molecule has 29 heavy (non-hydrogen) atoms. The largest absolute Gasteiger partial charge is 0.382 e. The summed E-state index contributed by atoms with van der Waals surface area (Å²) in [6, 6.07) is 13.0. The molecule has 0 spiro atoms. The molecule has 1 unspecified atom stereocenters. The Kier molecular flexibility index (Phi) is 5.20. The Labute approximate surface area is 183 Å². The zero-order chi connectivity index (χ0) is 20.0. The lowest BCUT2D eigenvalue weighted by molar-refractivity contribution is -0.140. The summed E-state index contributed by atoms with van der Waals surface area (Å²) in [5.74, 6) is 0.614. The number of nitrogens with zero attached hydrogens (tertiary/aromatic N) is 3. The molecular weight excluding hydrogens is 450 g/mol. The highest BCUT2D eigenvalue weighted by Crippen LogP contribution is 2.46. The first-order valence-corrected chi connectivity index (χ1v) is 12.0. The number of hydrogen-bond acceptors (Lipinski definition) is 6. The molecule has 1 aliphatic heterocycles. The van der Waals surface area contributed by atoms with Crippen LogP contribution in [-0.4, -0.2) is 27.8 Å². The van der Waals surface area contributed by atoms with Crippen LogP contribution in [0.15, 0.2) is 41.5 Å². The first-order valence-electron chi connectivity index (χ1n) is 10.4. The van der Waals surface area contributed by atoms with Crippen molar-refractivity contribution < 1.29 is 8.98 Å². The topological polar surface area (TPSA) is 45.1 Å². The van der Waals surface area contributed by atoms with Crippen molar-refractivity contribution >= 4 is 55.6 Å².